The third kappa shape index (κ3) is 3.02. The number of phenolic OH excluding ortho intramolecular Hbond substituents is 1. The SMILES string of the molecule is Cc1ccccc1-c1c(C)cccc1O.OC1CCC2CC12. The van der Waals surface area contributed by atoms with E-state index in [-0.39, 0.29) is 6.10 Å². The van der Waals surface area contributed by atoms with Crippen LogP contribution in [0.4, 0.5) is 0 Å². The van der Waals surface area contributed by atoms with Gasteiger partial charge in [-0.05, 0) is 67.7 Å². The summed E-state index contributed by atoms with van der Waals surface area (Å²) in [6, 6.07) is 13.7. The van der Waals surface area contributed by atoms with Crippen molar-refractivity contribution in [2.45, 2.75) is 39.2 Å². The van der Waals surface area contributed by atoms with Crippen molar-refractivity contribution in [2.24, 2.45) is 11.8 Å². The Kier molecular flexibility index (Phi) is 4.21. The summed E-state index contributed by atoms with van der Waals surface area (Å²) in [5.74, 6) is 2.03. The molecule has 116 valence electrons. The zero-order chi connectivity index (χ0) is 15.7. The standard InChI is InChI=1S/C14H14O.C6H10O/c1-10-6-3-4-8-12(10)14-11(2)7-5-9-13(14)15;7-6-2-1-4-3-5(4)6/h3-9,15H,1-2H3;4-7H,1-3H2. The summed E-state index contributed by atoms with van der Waals surface area (Å²) < 4.78 is 0. The molecule has 0 radical (unpaired) electrons. The molecule has 3 unspecified atom stereocenters. The molecule has 2 fully saturated rings. The highest BCUT2D eigenvalue weighted by atomic mass is 16.3. The van der Waals surface area contributed by atoms with E-state index in [0.717, 1.165) is 34.9 Å². The minimum atomic E-state index is 0.0880. The molecule has 0 heterocycles. The number of rotatable bonds is 1. The molecule has 2 aliphatic carbocycles. The first kappa shape index (κ1) is 15.1. The molecule has 0 bridgehead atoms. The van der Waals surface area contributed by atoms with Gasteiger partial charge in [0, 0.05) is 5.56 Å². The van der Waals surface area contributed by atoms with E-state index < -0.39 is 0 Å². The molecule has 0 saturated heterocycles. The van der Waals surface area contributed by atoms with Crippen molar-refractivity contribution in [1.82, 2.24) is 0 Å². The van der Waals surface area contributed by atoms with Gasteiger partial charge in [-0.3, -0.25) is 0 Å². The van der Waals surface area contributed by atoms with Crippen LogP contribution in [0.2, 0.25) is 0 Å². The molecule has 2 aliphatic rings. The number of aliphatic hydroxyl groups excluding tert-OH is 1. The topological polar surface area (TPSA) is 40.5 Å². The Labute approximate surface area is 132 Å². The van der Waals surface area contributed by atoms with Gasteiger partial charge in [0.05, 0.1) is 6.10 Å². The van der Waals surface area contributed by atoms with Crippen LogP contribution in [-0.4, -0.2) is 16.3 Å². The number of hydrogen-bond acceptors (Lipinski definition) is 2. The van der Waals surface area contributed by atoms with Gasteiger partial charge in [0.1, 0.15) is 5.75 Å². The summed E-state index contributed by atoms with van der Waals surface area (Å²) in [5.41, 5.74) is 4.33. The molecule has 0 aliphatic heterocycles. The summed E-state index contributed by atoms with van der Waals surface area (Å²) in [6.07, 6.45) is 3.78. The molecule has 2 aromatic rings. The third-order valence-corrected chi connectivity index (χ3v) is 4.97. The van der Waals surface area contributed by atoms with Crippen LogP contribution < -0.4 is 0 Å². The van der Waals surface area contributed by atoms with Crippen LogP contribution in [0.5, 0.6) is 5.75 Å². The fourth-order valence-corrected chi connectivity index (χ4v) is 3.53. The highest BCUT2D eigenvalue weighted by molar-refractivity contribution is 5.75. The predicted octanol–water partition coefficient (Wildman–Crippen LogP) is 4.45. The highest BCUT2D eigenvalue weighted by Crippen LogP contribution is 2.51. The maximum Gasteiger partial charge on any atom is 0.123 e. The first-order chi connectivity index (χ1) is 10.6. The molecule has 2 heteroatoms. The minimum Gasteiger partial charge on any atom is -0.507 e. The van der Waals surface area contributed by atoms with Gasteiger partial charge < -0.3 is 10.2 Å². The van der Waals surface area contributed by atoms with Crippen LogP contribution in [0.3, 0.4) is 0 Å². The lowest BCUT2D eigenvalue weighted by molar-refractivity contribution is 0.159. The Hall–Kier alpha value is -1.80. The molecule has 2 nitrogen and oxygen atoms in total. The molecule has 0 aromatic heterocycles. The molecule has 0 spiro atoms. The normalized spacial score (nSPS) is 25.1. The molecule has 2 N–H and O–H groups in total. The van der Waals surface area contributed by atoms with Gasteiger partial charge in [-0.2, -0.15) is 0 Å². The van der Waals surface area contributed by atoms with Gasteiger partial charge >= 0.3 is 0 Å². The number of fused-ring (bicyclic) bond motifs is 1. The van der Waals surface area contributed by atoms with E-state index in [1.54, 1.807) is 6.07 Å². The number of aliphatic hydroxyl groups is 1. The summed E-state index contributed by atoms with van der Waals surface area (Å²) in [6.45, 7) is 4.07. The largest absolute Gasteiger partial charge is 0.507 e. The fraction of sp³-hybridized carbons (Fsp3) is 0.400. The number of phenols is 1. The zero-order valence-electron chi connectivity index (χ0n) is 13.3. The zero-order valence-corrected chi connectivity index (χ0v) is 13.3. The van der Waals surface area contributed by atoms with E-state index in [1.807, 2.05) is 37.3 Å². The Morgan fingerprint density at radius 1 is 0.909 bits per heavy atom. The average Bonchev–Trinajstić information content (AvgIpc) is 3.19. The quantitative estimate of drug-likeness (QED) is 0.816. The number of benzene rings is 2. The molecule has 2 aromatic carbocycles. The molecule has 2 saturated carbocycles. The Morgan fingerprint density at radius 3 is 2.14 bits per heavy atom. The first-order valence-electron chi connectivity index (χ1n) is 8.10. The second-order valence-corrected chi connectivity index (χ2v) is 6.59. The van der Waals surface area contributed by atoms with Gasteiger partial charge in [0.15, 0.2) is 0 Å². The van der Waals surface area contributed by atoms with Crippen molar-refractivity contribution in [3.8, 4) is 16.9 Å². The second-order valence-electron chi connectivity index (χ2n) is 6.59. The Morgan fingerprint density at radius 2 is 1.64 bits per heavy atom. The molecule has 4 rings (SSSR count). The Bertz CT molecular complexity index is 642. The molecular weight excluding hydrogens is 272 g/mol. The maximum atomic E-state index is 9.87. The van der Waals surface area contributed by atoms with Crippen LogP contribution in [0.15, 0.2) is 42.5 Å². The smallest absolute Gasteiger partial charge is 0.123 e. The van der Waals surface area contributed by atoms with Crippen LogP contribution >= 0.6 is 0 Å². The van der Waals surface area contributed by atoms with Crippen LogP contribution in [-0.2, 0) is 0 Å². The monoisotopic (exact) mass is 296 g/mol. The molecule has 22 heavy (non-hydrogen) atoms. The van der Waals surface area contributed by atoms with E-state index in [9.17, 15) is 5.11 Å². The van der Waals surface area contributed by atoms with E-state index in [4.69, 9.17) is 5.11 Å². The van der Waals surface area contributed by atoms with Crippen LogP contribution in [0, 0.1) is 25.7 Å². The van der Waals surface area contributed by atoms with Crippen molar-refractivity contribution in [2.75, 3.05) is 0 Å². The van der Waals surface area contributed by atoms with Crippen LogP contribution in [0.1, 0.15) is 30.4 Å². The van der Waals surface area contributed by atoms with Crippen molar-refractivity contribution >= 4 is 0 Å². The number of aromatic hydroxyl groups is 1. The van der Waals surface area contributed by atoms with Crippen molar-refractivity contribution in [3.05, 3.63) is 53.6 Å². The first-order valence-corrected chi connectivity index (χ1v) is 8.10. The van der Waals surface area contributed by atoms with Crippen molar-refractivity contribution < 1.29 is 10.2 Å². The third-order valence-electron chi connectivity index (χ3n) is 4.97. The van der Waals surface area contributed by atoms with E-state index in [2.05, 4.69) is 13.0 Å². The molecular formula is C20H24O2. The summed E-state index contributed by atoms with van der Waals surface area (Å²) in [7, 11) is 0. The maximum absolute atomic E-state index is 9.87. The Balaban J connectivity index is 0.000000169. The number of aryl methyl sites for hydroxylation is 2. The summed E-state index contributed by atoms with van der Waals surface area (Å²) in [4.78, 5) is 0. The van der Waals surface area contributed by atoms with E-state index in [1.165, 1.54) is 18.4 Å². The fourth-order valence-electron chi connectivity index (χ4n) is 3.53. The summed E-state index contributed by atoms with van der Waals surface area (Å²) >= 11 is 0. The predicted molar refractivity (Wildman–Crippen MR) is 89.9 cm³/mol. The lowest BCUT2D eigenvalue weighted by Crippen LogP contribution is -2.02. The highest BCUT2D eigenvalue weighted by Gasteiger charge is 2.47. The van der Waals surface area contributed by atoms with Crippen LogP contribution in [0.25, 0.3) is 11.1 Å². The van der Waals surface area contributed by atoms with E-state index in [0.29, 0.717) is 5.75 Å². The van der Waals surface area contributed by atoms with Gasteiger partial charge in [-0.25, -0.2) is 0 Å². The van der Waals surface area contributed by atoms with Gasteiger partial charge in [0.2, 0.25) is 0 Å². The van der Waals surface area contributed by atoms with Gasteiger partial charge in [-0.15, -0.1) is 0 Å². The second kappa shape index (κ2) is 6.13. The minimum absolute atomic E-state index is 0.0880. The summed E-state index contributed by atoms with van der Waals surface area (Å²) in [5, 5.41) is 18.9. The lowest BCUT2D eigenvalue weighted by atomic mass is 9.96. The number of hydrogen-bond donors (Lipinski definition) is 2. The molecule has 3 atom stereocenters. The van der Waals surface area contributed by atoms with Crippen molar-refractivity contribution in [1.29, 1.82) is 0 Å². The van der Waals surface area contributed by atoms with Gasteiger partial charge in [-0.1, -0.05) is 36.4 Å². The van der Waals surface area contributed by atoms with Crippen molar-refractivity contribution in [3.63, 3.8) is 0 Å². The lowest BCUT2D eigenvalue weighted by Gasteiger charge is -2.10. The van der Waals surface area contributed by atoms with E-state index >= 15 is 0 Å². The molecule has 0 amide bonds. The van der Waals surface area contributed by atoms with Gasteiger partial charge in [0.25, 0.3) is 0 Å². The average molecular weight is 296 g/mol.